The predicted octanol–water partition coefficient (Wildman–Crippen LogP) is 1.81. The Balaban J connectivity index is 1.24. The molecule has 2 heterocycles. The van der Waals surface area contributed by atoms with E-state index in [1.54, 1.807) is 12.1 Å². The molecule has 1 aromatic rings. The number of phenolic OH excluding ortho intramolecular Hbond substituents is 1. The van der Waals surface area contributed by atoms with Gasteiger partial charge in [0.1, 0.15) is 5.76 Å². The lowest BCUT2D eigenvalue weighted by atomic mass is 9.52. The maximum atomic E-state index is 13.1. The maximum Gasteiger partial charge on any atom is 0.352 e. The number of aromatic hydroxyl groups is 1. The van der Waals surface area contributed by atoms with Crippen LogP contribution in [0.1, 0.15) is 69.9 Å². The number of unbranched alkanes of at least 4 members (excludes halogenated alkanes) is 1. The molecule has 2 aliphatic carbocycles. The molecule has 0 aromatic heterocycles. The molecule has 2 aliphatic heterocycles. The van der Waals surface area contributed by atoms with E-state index in [0.29, 0.717) is 25.1 Å². The lowest BCUT2D eigenvalue weighted by Crippen LogP contribution is -2.69. The number of rotatable bonds is 11. The lowest BCUT2D eigenvalue weighted by Gasteiger charge is -2.56. The summed E-state index contributed by atoms with van der Waals surface area (Å²) < 4.78 is 17.5. The van der Waals surface area contributed by atoms with Crippen molar-refractivity contribution in [1.29, 1.82) is 0 Å². The number of ether oxygens (including phenoxy) is 3. The summed E-state index contributed by atoms with van der Waals surface area (Å²) >= 11 is 0. The van der Waals surface area contributed by atoms with Gasteiger partial charge in [-0.1, -0.05) is 19.4 Å². The van der Waals surface area contributed by atoms with Crippen molar-refractivity contribution in [1.82, 2.24) is 10.2 Å². The quantitative estimate of drug-likeness (QED) is 0.223. The Morgan fingerprint density at radius 2 is 2.05 bits per heavy atom. The number of phenols is 1. The fourth-order valence-corrected chi connectivity index (χ4v) is 7.38. The zero-order valence-electron chi connectivity index (χ0n) is 24.7. The minimum Gasteiger partial charge on any atom is -0.504 e. The molecule has 6 atom stereocenters. The maximum absolute atomic E-state index is 13.1. The number of esters is 2. The molecule has 2 bridgehead atoms. The van der Waals surface area contributed by atoms with E-state index in [1.807, 2.05) is 20.0 Å². The molecule has 42 heavy (non-hydrogen) atoms. The number of amides is 1. The summed E-state index contributed by atoms with van der Waals surface area (Å²) in [5.74, 6) is -1.16. The lowest BCUT2D eigenvalue weighted by molar-refractivity contribution is -0.167. The number of carbonyl (C=O) groups excluding carboxylic acids is 3. The molecule has 11 nitrogen and oxygen atoms in total. The summed E-state index contributed by atoms with van der Waals surface area (Å²) in [6, 6.07) is 3.33. The average Bonchev–Trinajstić information content (AvgIpc) is 3.29. The van der Waals surface area contributed by atoms with Gasteiger partial charge in [-0.25, -0.2) is 4.79 Å². The van der Waals surface area contributed by atoms with E-state index in [9.17, 15) is 24.6 Å². The van der Waals surface area contributed by atoms with Gasteiger partial charge in [-0.15, -0.1) is 0 Å². The van der Waals surface area contributed by atoms with Crippen LogP contribution in [-0.4, -0.2) is 83.5 Å². The Morgan fingerprint density at radius 1 is 1.26 bits per heavy atom. The van der Waals surface area contributed by atoms with Crippen molar-refractivity contribution in [2.24, 2.45) is 11.7 Å². The highest BCUT2D eigenvalue weighted by Gasteiger charge is 2.71. The highest BCUT2D eigenvalue weighted by molar-refractivity contribution is 5.81. The summed E-state index contributed by atoms with van der Waals surface area (Å²) in [6.07, 6.45) is 4.29. The predicted molar refractivity (Wildman–Crippen MR) is 153 cm³/mol. The number of nitrogens with zero attached hydrogens (tertiary/aromatic N) is 1. The molecule has 4 aliphatic rings. The van der Waals surface area contributed by atoms with Crippen LogP contribution in [0, 0.1) is 5.92 Å². The second kappa shape index (κ2) is 11.9. The van der Waals surface area contributed by atoms with Gasteiger partial charge in [0.2, 0.25) is 5.91 Å². The van der Waals surface area contributed by atoms with Crippen molar-refractivity contribution in [2.75, 3.05) is 26.7 Å². The second-order valence-electron chi connectivity index (χ2n) is 12.2. The van der Waals surface area contributed by atoms with Gasteiger partial charge >= 0.3 is 11.9 Å². The first kappa shape index (κ1) is 30.3. The molecule has 1 saturated heterocycles. The molecule has 230 valence electrons. The fraction of sp³-hybridized carbons (Fsp3) is 0.645. The van der Waals surface area contributed by atoms with Gasteiger partial charge in [0.25, 0.3) is 0 Å². The minimum atomic E-state index is -1.20. The number of nitrogens with one attached hydrogen (secondary N) is 1. The molecule has 0 radical (unpaired) electrons. The van der Waals surface area contributed by atoms with Crippen molar-refractivity contribution in [2.45, 2.75) is 94.5 Å². The van der Waals surface area contributed by atoms with Gasteiger partial charge in [-0.2, -0.15) is 0 Å². The fourth-order valence-electron chi connectivity index (χ4n) is 7.38. The molecule has 5 rings (SSSR count). The van der Waals surface area contributed by atoms with Crippen LogP contribution in [0.5, 0.6) is 11.5 Å². The number of hydrogen-bond acceptors (Lipinski definition) is 10. The molecule has 1 aromatic carbocycles. The van der Waals surface area contributed by atoms with Crippen LogP contribution in [0.15, 0.2) is 24.0 Å². The monoisotopic (exact) mass is 585 g/mol. The molecule has 1 fully saturated rings. The Bertz CT molecular complexity index is 1270. The van der Waals surface area contributed by atoms with Crippen LogP contribution in [0.2, 0.25) is 0 Å². The number of nitrogens with two attached hydrogens (primary N) is 1. The summed E-state index contributed by atoms with van der Waals surface area (Å²) in [4.78, 5) is 40.0. The van der Waals surface area contributed by atoms with Gasteiger partial charge < -0.3 is 40.4 Å². The van der Waals surface area contributed by atoms with Crippen LogP contribution in [0.25, 0.3) is 0 Å². The zero-order chi connectivity index (χ0) is 30.2. The third-order valence-corrected chi connectivity index (χ3v) is 9.60. The summed E-state index contributed by atoms with van der Waals surface area (Å²) in [6.45, 7) is 4.75. The van der Waals surface area contributed by atoms with E-state index in [0.717, 1.165) is 43.4 Å². The smallest absolute Gasteiger partial charge is 0.352 e. The van der Waals surface area contributed by atoms with Crippen molar-refractivity contribution in [3.8, 4) is 11.5 Å². The van der Waals surface area contributed by atoms with Gasteiger partial charge in [-0.05, 0) is 76.9 Å². The van der Waals surface area contributed by atoms with Gasteiger partial charge in [0, 0.05) is 30.5 Å². The molecule has 5 N–H and O–H groups in total. The largest absolute Gasteiger partial charge is 0.504 e. The van der Waals surface area contributed by atoms with Gasteiger partial charge in [-0.3, -0.25) is 9.59 Å². The molecule has 1 spiro atoms. The van der Waals surface area contributed by atoms with E-state index in [-0.39, 0.29) is 48.8 Å². The number of benzene rings is 1. The Labute approximate surface area is 246 Å². The number of likely N-dealkylation sites (N-methyl/N-ethyl adjacent to an activating group) is 1. The first-order valence-electron chi connectivity index (χ1n) is 15.1. The van der Waals surface area contributed by atoms with E-state index in [1.165, 1.54) is 6.92 Å². The third-order valence-electron chi connectivity index (χ3n) is 9.60. The van der Waals surface area contributed by atoms with Crippen molar-refractivity contribution in [3.05, 3.63) is 35.1 Å². The number of hydrogen-bond donors (Lipinski definition) is 4. The Kier molecular flexibility index (Phi) is 8.55. The van der Waals surface area contributed by atoms with Gasteiger partial charge in [0.15, 0.2) is 23.7 Å². The zero-order valence-corrected chi connectivity index (χ0v) is 24.7. The highest BCUT2D eigenvalue weighted by Crippen LogP contribution is 2.64. The van der Waals surface area contributed by atoms with Crippen molar-refractivity contribution < 1.29 is 38.8 Å². The second-order valence-corrected chi connectivity index (χ2v) is 12.2. The SMILES string of the molecule is C[C@H](OC(=O)CCNC(=O)[C@@H](C)CCCCN)C(=O)OC1=CC[C@@]2(O)[C@H]3Cc4ccc(O)c5c4[C@@]2(CCCN3C)[C@H]1O5. The third kappa shape index (κ3) is 5.05. The van der Waals surface area contributed by atoms with Gasteiger partial charge in [0.05, 0.1) is 17.4 Å². The summed E-state index contributed by atoms with van der Waals surface area (Å²) in [5.41, 5.74) is 5.24. The summed E-state index contributed by atoms with van der Waals surface area (Å²) in [5, 5.41) is 25.8. The topological polar surface area (TPSA) is 161 Å². The highest BCUT2D eigenvalue weighted by atomic mass is 16.6. The van der Waals surface area contributed by atoms with Crippen molar-refractivity contribution in [3.63, 3.8) is 0 Å². The number of aliphatic hydroxyl groups is 1. The minimum absolute atomic E-state index is 0.0130. The van der Waals surface area contributed by atoms with Crippen LogP contribution >= 0.6 is 0 Å². The van der Waals surface area contributed by atoms with Crippen molar-refractivity contribution >= 4 is 17.8 Å². The Morgan fingerprint density at radius 3 is 2.81 bits per heavy atom. The average molecular weight is 586 g/mol. The first-order chi connectivity index (χ1) is 20.0. The molecule has 11 heteroatoms. The van der Waals surface area contributed by atoms with Crippen LogP contribution in [0.3, 0.4) is 0 Å². The summed E-state index contributed by atoms with van der Waals surface area (Å²) in [7, 11) is 2.02. The van der Waals surface area contributed by atoms with E-state index in [2.05, 4.69) is 10.2 Å². The molecular weight excluding hydrogens is 542 g/mol. The molecular formula is C31H43N3O8. The normalized spacial score (nSPS) is 28.8. The van der Waals surface area contributed by atoms with E-state index < -0.39 is 35.2 Å². The standard InChI is InChI=1S/C31H43N3O8/c1-18(7-4-5-14-32)28(37)33-15-11-24(36)40-19(2)29(38)41-22-10-13-31(39)23-17-20-8-9-21(35)26-25(20)30(31,27(22)42-26)12-6-16-34(23)3/h8-10,18-19,23,27,35,39H,4-7,11-17,32H2,1-3H3,(H,33,37)/t18-,19-,23+,27-,30-,31+/m0/s1. The molecule has 1 amide bonds. The number of likely N-dealkylation sites (tertiary alicyclic amines) is 1. The molecule has 0 unspecified atom stereocenters. The van der Waals surface area contributed by atoms with E-state index in [4.69, 9.17) is 19.9 Å². The van der Waals surface area contributed by atoms with Crippen LogP contribution in [0.4, 0.5) is 0 Å². The van der Waals surface area contributed by atoms with E-state index >= 15 is 0 Å². The Hall–Kier alpha value is -3.15. The molecule has 0 saturated carbocycles. The van der Waals surface area contributed by atoms with Crippen LogP contribution in [-0.2, 0) is 35.7 Å². The first-order valence-corrected chi connectivity index (χ1v) is 15.1. The van der Waals surface area contributed by atoms with Crippen LogP contribution < -0.4 is 15.8 Å². The number of carbonyl (C=O) groups is 3.